The van der Waals surface area contributed by atoms with Gasteiger partial charge in [-0.2, -0.15) is 0 Å². The van der Waals surface area contributed by atoms with Gasteiger partial charge in [-0.3, -0.25) is 4.90 Å². The normalized spacial score (nSPS) is 14.4. The van der Waals surface area contributed by atoms with Gasteiger partial charge in [0.05, 0.1) is 4.90 Å². The molecule has 1 N–H and O–H groups in total. The smallest absolute Gasteiger partial charge is 0.321 e. The number of urea groups is 1. The Morgan fingerprint density at radius 1 is 1.38 bits per heavy atom. The standard InChI is InChI=1S/C14H21N3O3S/c1-4-8-15-14(18)17-9-7-11-10-12(5-6-13(11)17)21(19,20)16(2)3/h5-6,10H,4,7-9H2,1-3H3,(H,15,18). The number of fused-ring (bicyclic) bond motifs is 1. The van der Waals surface area contributed by atoms with Crippen LogP contribution in [0.5, 0.6) is 0 Å². The lowest BCUT2D eigenvalue weighted by Crippen LogP contribution is -2.39. The predicted octanol–water partition coefficient (Wildman–Crippen LogP) is 1.42. The highest BCUT2D eigenvalue weighted by molar-refractivity contribution is 7.89. The highest BCUT2D eigenvalue weighted by atomic mass is 32.2. The number of hydrogen-bond acceptors (Lipinski definition) is 3. The second-order valence-corrected chi connectivity index (χ2v) is 7.36. The number of carbonyl (C=O) groups excluding carboxylic acids is 1. The Bertz CT molecular complexity index is 641. The molecule has 6 nitrogen and oxygen atoms in total. The molecule has 21 heavy (non-hydrogen) atoms. The second kappa shape index (κ2) is 6.03. The van der Waals surface area contributed by atoms with Gasteiger partial charge in [0.2, 0.25) is 10.0 Å². The molecular weight excluding hydrogens is 290 g/mol. The molecule has 0 saturated carbocycles. The molecule has 0 spiro atoms. The van der Waals surface area contributed by atoms with E-state index in [9.17, 15) is 13.2 Å². The number of carbonyl (C=O) groups is 1. The van der Waals surface area contributed by atoms with E-state index in [1.807, 2.05) is 6.92 Å². The van der Waals surface area contributed by atoms with Crippen LogP contribution in [0.25, 0.3) is 0 Å². The summed E-state index contributed by atoms with van der Waals surface area (Å²) in [7, 11) is -0.422. The number of rotatable bonds is 4. The van der Waals surface area contributed by atoms with Gasteiger partial charge in [-0.05, 0) is 36.6 Å². The molecule has 1 aromatic carbocycles. The van der Waals surface area contributed by atoms with Crippen molar-refractivity contribution >= 4 is 21.7 Å². The van der Waals surface area contributed by atoms with Crippen LogP contribution in [0.4, 0.5) is 10.5 Å². The van der Waals surface area contributed by atoms with Crippen molar-refractivity contribution in [3.05, 3.63) is 23.8 Å². The minimum atomic E-state index is -3.44. The molecule has 0 radical (unpaired) electrons. The van der Waals surface area contributed by atoms with Crippen molar-refractivity contribution in [3.8, 4) is 0 Å². The Balaban J connectivity index is 2.27. The van der Waals surface area contributed by atoms with Crippen molar-refractivity contribution in [1.29, 1.82) is 0 Å². The van der Waals surface area contributed by atoms with E-state index in [1.54, 1.807) is 23.1 Å². The molecule has 0 atom stereocenters. The minimum absolute atomic E-state index is 0.126. The highest BCUT2D eigenvalue weighted by Crippen LogP contribution is 2.30. The molecular formula is C14H21N3O3S. The van der Waals surface area contributed by atoms with E-state index in [1.165, 1.54) is 18.4 Å². The van der Waals surface area contributed by atoms with Crippen LogP contribution in [0.15, 0.2) is 23.1 Å². The first-order chi connectivity index (χ1) is 9.87. The lowest BCUT2D eigenvalue weighted by Gasteiger charge is -2.18. The molecule has 1 aromatic rings. The van der Waals surface area contributed by atoms with Gasteiger partial charge in [0.25, 0.3) is 0 Å². The van der Waals surface area contributed by atoms with E-state index in [2.05, 4.69) is 5.32 Å². The van der Waals surface area contributed by atoms with E-state index in [0.717, 1.165) is 17.7 Å². The van der Waals surface area contributed by atoms with Crippen molar-refractivity contribution < 1.29 is 13.2 Å². The first-order valence-electron chi connectivity index (χ1n) is 6.98. The van der Waals surface area contributed by atoms with Crippen molar-refractivity contribution in [1.82, 2.24) is 9.62 Å². The SMILES string of the molecule is CCCNC(=O)N1CCc2cc(S(=O)(=O)N(C)C)ccc21. The van der Waals surface area contributed by atoms with Crippen LogP contribution in [-0.4, -0.2) is 45.9 Å². The van der Waals surface area contributed by atoms with E-state index in [4.69, 9.17) is 0 Å². The van der Waals surface area contributed by atoms with Gasteiger partial charge in [0.15, 0.2) is 0 Å². The van der Waals surface area contributed by atoms with Gasteiger partial charge in [-0.1, -0.05) is 6.92 Å². The van der Waals surface area contributed by atoms with Gasteiger partial charge in [-0.25, -0.2) is 17.5 Å². The largest absolute Gasteiger partial charge is 0.338 e. The number of amides is 2. The van der Waals surface area contributed by atoms with Crippen LogP contribution in [0.1, 0.15) is 18.9 Å². The Morgan fingerprint density at radius 3 is 2.71 bits per heavy atom. The maximum absolute atomic E-state index is 12.1. The average Bonchev–Trinajstić information content (AvgIpc) is 2.87. The highest BCUT2D eigenvalue weighted by Gasteiger charge is 2.27. The van der Waals surface area contributed by atoms with Crippen molar-refractivity contribution in [2.45, 2.75) is 24.7 Å². The molecule has 2 rings (SSSR count). The summed E-state index contributed by atoms with van der Waals surface area (Å²) in [4.78, 5) is 14.0. The molecule has 0 aromatic heterocycles. The number of nitrogens with zero attached hydrogens (tertiary/aromatic N) is 2. The van der Waals surface area contributed by atoms with E-state index >= 15 is 0 Å². The third-order valence-corrected chi connectivity index (χ3v) is 5.31. The molecule has 1 aliphatic heterocycles. The predicted molar refractivity (Wildman–Crippen MR) is 82.1 cm³/mol. The fourth-order valence-corrected chi connectivity index (χ4v) is 3.24. The fraction of sp³-hybridized carbons (Fsp3) is 0.500. The van der Waals surface area contributed by atoms with E-state index in [0.29, 0.717) is 19.5 Å². The zero-order chi connectivity index (χ0) is 15.6. The first kappa shape index (κ1) is 15.8. The lowest BCUT2D eigenvalue weighted by molar-refractivity contribution is 0.247. The number of anilines is 1. The fourth-order valence-electron chi connectivity index (χ4n) is 2.29. The topological polar surface area (TPSA) is 69.7 Å². The molecule has 1 heterocycles. The van der Waals surface area contributed by atoms with Gasteiger partial charge >= 0.3 is 6.03 Å². The van der Waals surface area contributed by atoms with Gasteiger partial charge in [0, 0.05) is 32.9 Å². The molecule has 0 saturated heterocycles. The molecule has 116 valence electrons. The van der Waals surface area contributed by atoms with Gasteiger partial charge in [0.1, 0.15) is 0 Å². The summed E-state index contributed by atoms with van der Waals surface area (Å²) < 4.78 is 25.4. The van der Waals surface area contributed by atoms with Crippen LogP contribution in [0, 0.1) is 0 Å². The summed E-state index contributed by atoms with van der Waals surface area (Å²) in [5, 5.41) is 2.84. The Morgan fingerprint density at radius 2 is 2.10 bits per heavy atom. The van der Waals surface area contributed by atoms with E-state index in [-0.39, 0.29) is 10.9 Å². The molecule has 1 aliphatic rings. The maximum Gasteiger partial charge on any atom is 0.321 e. The van der Waals surface area contributed by atoms with E-state index < -0.39 is 10.0 Å². The third kappa shape index (κ3) is 3.03. The van der Waals surface area contributed by atoms with Crippen LogP contribution >= 0.6 is 0 Å². The van der Waals surface area contributed by atoms with Gasteiger partial charge < -0.3 is 5.32 Å². The summed E-state index contributed by atoms with van der Waals surface area (Å²) in [5.74, 6) is 0. The number of benzene rings is 1. The molecule has 0 bridgehead atoms. The Hall–Kier alpha value is -1.60. The van der Waals surface area contributed by atoms with Crippen molar-refractivity contribution in [2.24, 2.45) is 0 Å². The quantitative estimate of drug-likeness (QED) is 0.914. The molecule has 7 heteroatoms. The first-order valence-corrected chi connectivity index (χ1v) is 8.42. The molecule has 0 unspecified atom stereocenters. The number of hydrogen-bond donors (Lipinski definition) is 1. The van der Waals surface area contributed by atoms with Crippen LogP contribution in [-0.2, 0) is 16.4 Å². The summed E-state index contributed by atoms with van der Waals surface area (Å²) in [6.45, 7) is 3.21. The summed E-state index contributed by atoms with van der Waals surface area (Å²) in [5.41, 5.74) is 1.69. The number of sulfonamides is 1. The second-order valence-electron chi connectivity index (χ2n) is 5.21. The van der Waals surface area contributed by atoms with Gasteiger partial charge in [-0.15, -0.1) is 0 Å². The Labute approximate surface area is 125 Å². The molecule has 0 fully saturated rings. The maximum atomic E-state index is 12.1. The van der Waals surface area contributed by atoms with Crippen molar-refractivity contribution in [2.75, 3.05) is 32.1 Å². The third-order valence-electron chi connectivity index (χ3n) is 3.50. The monoisotopic (exact) mass is 311 g/mol. The lowest BCUT2D eigenvalue weighted by atomic mass is 10.2. The summed E-state index contributed by atoms with van der Waals surface area (Å²) in [6.07, 6.45) is 1.55. The summed E-state index contributed by atoms with van der Waals surface area (Å²) >= 11 is 0. The average molecular weight is 311 g/mol. The number of nitrogens with one attached hydrogen (secondary N) is 1. The molecule has 0 aliphatic carbocycles. The van der Waals surface area contributed by atoms with Crippen LogP contribution in [0.2, 0.25) is 0 Å². The molecule has 2 amide bonds. The zero-order valence-electron chi connectivity index (χ0n) is 12.6. The minimum Gasteiger partial charge on any atom is -0.338 e. The zero-order valence-corrected chi connectivity index (χ0v) is 13.4. The van der Waals surface area contributed by atoms with Crippen molar-refractivity contribution in [3.63, 3.8) is 0 Å². The Kier molecular flexibility index (Phi) is 4.53. The summed E-state index contributed by atoms with van der Waals surface area (Å²) in [6, 6.07) is 4.81. The van der Waals surface area contributed by atoms with Crippen LogP contribution in [0.3, 0.4) is 0 Å². The van der Waals surface area contributed by atoms with Crippen LogP contribution < -0.4 is 10.2 Å².